The van der Waals surface area contributed by atoms with Gasteiger partial charge in [0.2, 0.25) is 5.88 Å². The number of carbonyl (C=O) groups excluding carboxylic acids is 1. The summed E-state index contributed by atoms with van der Waals surface area (Å²) in [7, 11) is 0. The average molecular weight is 774 g/mol. The van der Waals surface area contributed by atoms with Gasteiger partial charge in [-0.15, -0.1) is 0 Å². The van der Waals surface area contributed by atoms with Crippen molar-refractivity contribution >= 4 is 11.7 Å². The molecule has 0 atom stereocenters. The molecule has 0 saturated heterocycles. The molecule has 5 rings (SSSR count). The van der Waals surface area contributed by atoms with Gasteiger partial charge in [0.05, 0.1) is 28.2 Å². The molecule has 306 valence electrons. The van der Waals surface area contributed by atoms with Crippen molar-refractivity contribution in [1.82, 2.24) is 24.5 Å². The Bertz CT molecular complexity index is 1860. The molecule has 3 heterocycles. The van der Waals surface area contributed by atoms with E-state index in [1.54, 1.807) is 31.7 Å². The zero-order valence-corrected chi connectivity index (χ0v) is 36.1. The Labute approximate surface area is 334 Å². The van der Waals surface area contributed by atoms with Crippen LogP contribution in [0.2, 0.25) is 0 Å². The van der Waals surface area contributed by atoms with Crippen molar-refractivity contribution in [2.75, 3.05) is 0 Å². The standard InChI is InChI=1S/C32H35N5O3.C6H10F2.C5H12.C3H8/c1-7-25-27(28(23-14-15-23)35-19-34-25)29-33-17-24(26-9-8-16-37(26)31(38)40-32(4,5)6)30(36-29)39-18-21-10-12-22(13-11-21)20(2)3;1-4-5(2)6(3,7)8;1-4-5(2)3;1-3-2/h8-13,16-17,19,23H,2,7,14-15,18H2,1,3-6H3;4H,1-3H3;5H,4H2,1-3H3;3H2,1-2H3/b;5-4+;;. The number of carbonyl (C=O) groups is 1. The summed E-state index contributed by atoms with van der Waals surface area (Å²) in [6.07, 6.45) is 11.4. The number of hydrogen-bond donors (Lipinski definition) is 0. The van der Waals surface area contributed by atoms with Gasteiger partial charge in [0.15, 0.2) is 5.82 Å². The quantitative estimate of drug-likeness (QED) is 0.148. The van der Waals surface area contributed by atoms with Crippen LogP contribution in [0.4, 0.5) is 13.6 Å². The van der Waals surface area contributed by atoms with Gasteiger partial charge in [-0.1, -0.05) is 96.9 Å². The molecular formula is C46H65F2N5O3. The van der Waals surface area contributed by atoms with Gasteiger partial charge in [0.1, 0.15) is 18.5 Å². The Hall–Kier alpha value is -4.73. The monoisotopic (exact) mass is 774 g/mol. The Balaban J connectivity index is 0.000000572. The summed E-state index contributed by atoms with van der Waals surface area (Å²) in [6.45, 7) is 28.7. The Morgan fingerprint density at radius 3 is 2.07 bits per heavy atom. The molecule has 56 heavy (non-hydrogen) atoms. The minimum Gasteiger partial charge on any atom is -0.472 e. The number of ether oxygens (including phenoxy) is 2. The van der Waals surface area contributed by atoms with Crippen molar-refractivity contribution in [3.8, 4) is 28.5 Å². The second-order valence-electron chi connectivity index (χ2n) is 15.5. The van der Waals surface area contributed by atoms with Gasteiger partial charge in [-0.05, 0) is 95.6 Å². The SMILES string of the molecule is C/C=C(\C)C(C)(F)F.C=C(C)c1ccc(COc2nc(-c3c(CC)ncnc3C3CC3)ncc2-c2cccn2C(=O)OC(C)(C)C)cc1.CCC.CCC(C)C. The molecule has 10 heteroatoms. The first-order chi connectivity index (χ1) is 26.3. The number of halogens is 2. The van der Waals surface area contributed by atoms with Gasteiger partial charge in [-0.25, -0.2) is 28.5 Å². The maximum absolute atomic E-state index is 13.0. The van der Waals surface area contributed by atoms with Gasteiger partial charge < -0.3 is 9.47 Å². The van der Waals surface area contributed by atoms with E-state index in [1.807, 2.05) is 58.0 Å². The molecule has 0 N–H and O–H groups in total. The van der Waals surface area contributed by atoms with Crippen LogP contribution in [-0.4, -0.2) is 42.1 Å². The highest BCUT2D eigenvalue weighted by Gasteiger charge is 2.31. The van der Waals surface area contributed by atoms with Gasteiger partial charge in [-0.2, -0.15) is 4.98 Å². The maximum atomic E-state index is 13.0. The number of aryl methyl sites for hydroxylation is 1. The highest BCUT2D eigenvalue weighted by Crippen LogP contribution is 2.44. The van der Waals surface area contributed by atoms with E-state index in [1.165, 1.54) is 30.4 Å². The Kier molecular flexibility index (Phi) is 18.7. The lowest BCUT2D eigenvalue weighted by Crippen LogP contribution is -2.27. The molecule has 0 bridgehead atoms. The molecule has 0 spiro atoms. The summed E-state index contributed by atoms with van der Waals surface area (Å²) in [5.74, 6) is -0.465. The van der Waals surface area contributed by atoms with E-state index >= 15 is 0 Å². The number of allylic oxidation sites excluding steroid dienone is 3. The van der Waals surface area contributed by atoms with Crippen LogP contribution in [0.15, 0.2) is 73.3 Å². The summed E-state index contributed by atoms with van der Waals surface area (Å²) < 4.78 is 37.5. The first-order valence-corrected chi connectivity index (χ1v) is 19.8. The number of hydrogen-bond acceptors (Lipinski definition) is 7. The first kappa shape index (κ1) is 47.4. The predicted molar refractivity (Wildman–Crippen MR) is 226 cm³/mol. The van der Waals surface area contributed by atoms with E-state index in [-0.39, 0.29) is 12.2 Å². The topological polar surface area (TPSA) is 92.0 Å². The van der Waals surface area contributed by atoms with Crippen molar-refractivity contribution in [3.63, 3.8) is 0 Å². The van der Waals surface area contributed by atoms with Crippen LogP contribution in [-0.2, 0) is 17.8 Å². The molecular weight excluding hydrogens is 709 g/mol. The van der Waals surface area contributed by atoms with E-state index in [4.69, 9.17) is 19.4 Å². The van der Waals surface area contributed by atoms with Crippen LogP contribution < -0.4 is 4.74 Å². The maximum Gasteiger partial charge on any atom is 0.418 e. The normalized spacial score (nSPS) is 12.7. The van der Waals surface area contributed by atoms with Gasteiger partial charge in [0, 0.05) is 25.2 Å². The molecule has 1 fully saturated rings. The fourth-order valence-corrected chi connectivity index (χ4v) is 4.75. The highest BCUT2D eigenvalue weighted by molar-refractivity contribution is 5.80. The summed E-state index contributed by atoms with van der Waals surface area (Å²) in [4.78, 5) is 31.8. The Morgan fingerprint density at radius 1 is 1.00 bits per heavy atom. The molecule has 1 aliphatic carbocycles. The third-order valence-electron chi connectivity index (χ3n) is 8.61. The summed E-state index contributed by atoms with van der Waals surface area (Å²) in [5, 5.41) is 0. The van der Waals surface area contributed by atoms with Crippen LogP contribution >= 0.6 is 0 Å². The average Bonchev–Trinajstić information content (AvgIpc) is 3.88. The van der Waals surface area contributed by atoms with E-state index in [0.717, 1.165) is 65.8 Å². The number of rotatable bonds is 10. The molecule has 1 aliphatic rings. The molecule has 4 aromatic rings. The van der Waals surface area contributed by atoms with E-state index in [2.05, 4.69) is 58.1 Å². The number of aromatic nitrogens is 5. The minimum absolute atomic E-state index is 0.123. The van der Waals surface area contributed by atoms with Crippen LogP contribution in [0.3, 0.4) is 0 Å². The number of benzene rings is 1. The second kappa shape index (κ2) is 22.1. The third-order valence-corrected chi connectivity index (χ3v) is 8.61. The largest absolute Gasteiger partial charge is 0.472 e. The van der Waals surface area contributed by atoms with Gasteiger partial charge >= 0.3 is 6.09 Å². The number of alkyl halides is 2. The first-order valence-electron chi connectivity index (χ1n) is 19.8. The smallest absolute Gasteiger partial charge is 0.418 e. The molecule has 1 aromatic carbocycles. The molecule has 1 saturated carbocycles. The molecule has 0 unspecified atom stereocenters. The highest BCUT2D eigenvalue weighted by atomic mass is 19.3. The van der Waals surface area contributed by atoms with E-state index in [9.17, 15) is 13.6 Å². The lowest BCUT2D eigenvalue weighted by molar-refractivity contribution is 0.0539. The minimum atomic E-state index is -2.63. The molecule has 0 radical (unpaired) electrons. The predicted octanol–water partition coefficient (Wildman–Crippen LogP) is 13.3. The molecule has 8 nitrogen and oxygen atoms in total. The molecule has 0 aliphatic heterocycles. The van der Waals surface area contributed by atoms with Crippen molar-refractivity contribution < 1.29 is 23.0 Å². The number of nitrogens with zero attached hydrogens (tertiary/aromatic N) is 5. The van der Waals surface area contributed by atoms with E-state index < -0.39 is 17.6 Å². The van der Waals surface area contributed by atoms with E-state index in [0.29, 0.717) is 28.9 Å². The van der Waals surface area contributed by atoms with Crippen LogP contribution in [0.1, 0.15) is 144 Å². The van der Waals surface area contributed by atoms with Gasteiger partial charge in [-0.3, -0.25) is 4.57 Å². The van der Waals surface area contributed by atoms with Crippen LogP contribution in [0.5, 0.6) is 5.88 Å². The van der Waals surface area contributed by atoms with Crippen molar-refractivity contribution in [1.29, 1.82) is 0 Å². The third kappa shape index (κ3) is 15.1. The van der Waals surface area contributed by atoms with Crippen molar-refractivity contribution in [2.24, 2.45) is 5.92 Å². The zero-order valence-electron chi connectivity index (χ0n) is 36.1. The van der Waals surface area contributed by atoms with Crippen molar-refractivity contribution in [3.05, 3.63) is 95.9 Å². The summed E-state index contributed by atoms with van der Waals surface area (Å²) >= 11 is 0. The second-order valence-corrected chi connectivity index (χ2v) is 15.5. The summed E-state index contributed by atoms with van der Waals surface area (Å²) in [6, 6.07) is 11.7. The van der Waals surface area contributed by atoms with Crippen LogP contribution in [0, 0.1) is 5.92 Å². The lowest BCUT2D eigenvalue weighted by Gasteiger charge is -2.21. The zero-order chi connectivity index (χ0) is 42.2. The van der Waals surface area contributed by atoms with Gasteiger partial charge in [0.25, 0.3) is 5.92 Å². The fourth-order valence-electron chi connectivity index (χ4n) is 4.75. The van der Waals surface area contributed by atoms with Crippen LogP contribution in [0.25, 0.3) is 28.2 Å². The molecule has 3 aromatic heterocycles. The lowest BCUT2D eigenvalue weighted by atomic mass is 10.1. The Morgan fingerprint density at radius 2 is 1.61 bits per heavy atom. The summed E-state index contributed by atoms with van der Waals surface area (Å²) in [5.41, 5.74) is 6.47. The van der Waals surface area contributed by atoms with Crippen molar-refractivity contribution in [2.45, 2.75) is 146 Å². The fraction of sp³-hybridized carbons (Fsp3) is 0.500. The molecule has 0 amide bonds.